The minimum absolute atomic E-state index is 0. The quantitative estimate of drug-likeness (QED) is 0.334. The molecule has 0 spiro atoms. The molecule has 1 rings (SSSR count). The Balaban J connectivity index is 0. The van der Waals surface area contributed by atoms with Gasteiger partial charge in [0.2, 0.25) is 0 Å². The minimum Gasteiger partial charge on any atom is -0.888 e. The van der Waals surface area contributed by atoms with Crippen LogP contribution >= 0.6 is 0 Å². The van der Waals surface area contributed by atoms with Gasteiger partial charge in [-0.05, 0) is 20.5 Å². The number of ether oxygens (including phenoxy) is 1. The molecule has 5 nitrogen and oxygen atoms in total. The first-order valence-corrected chi connectivity index (χ1v) is 6.62. The number of hydrogen-bond donors (Lipinski definition) is 2. The zero-order chi connectivity index (χ0) is 16.5. The van der Waals surface area contributed by atoms with Crippen LogP contribution in [0.15, 0.2) is 11.6 Å². The Labute approximate surface area is 219 Å². The monoisotopic (exact) mass is 388 g/mol. The average molecular weight is 388 g/mol. The van der Waals surface area contributed by atoms with E-state index in [0.717, 1.165) is 0 Å². The number of aliphatic hydroxyl groups excluding tert-OH is 1. The van der Waals surface area contributed by atoms with Crippen molar-refractivity contribution in [1.82, 2.24) is 0 Å². The molecule has 0 aromatic rings. The Bertz CT molecular complexity index is 414. The molecule has 0 aliphatic carbocycles. The van der Waals surface area contributed by atoms with E-state index in [2.05, 4.69) is 0 Å². The van der Waals surface area contributed by atoms with Gasteiger partial charge in [0.15, 0.2) is 12.0 Å². The van der Waals surface area contributed by atoms with Gasteiger partial charge in [0.05, 0.1) is 12.2 Å². The number of halogens is 3. The van der Waals surface area contributed by atoms with Gasteiger partial charge in [-0.3, -0.25) is 0 Å². The van der Waals surface area contributed by atoms with Crippen molar-refractivity contribution < 1.29 is 141 Å². The molecule has 1 aliphatic heterocycles. The van der Waals surface area contributed by atoms with E-state index in [9.17, 15) is 33.4 Å². The molecule has 1 unspecified atom stereocenters. The number of hydrogen-bond acceptors (Lipinski definition) is 5. The summed E-state index contributed by atoms with van der Waals surface area (Å²) in [6.07, 6.45) is -4.74. The van der Waals surface area contributed by atoms with Gasteiger partial charge in [-0.1, -0.05) is 13.8 Å². The summed E-state index contributed by atoms with van der Waals surface area (Å²) in [5, 5.41) is 39.9. The minimum atomic E-state index is -3.28. The molecule has 0 aromatic heterocycles. The SMILES string of the molecule is CC[C@H](O)[C@@H](C)[C@H]1O[C@H]1C(F)[C@@](C)(O)/C(F)=C(\F)B([O-])[O-].[K+].[K+]. The van der Waals surface area contributed by atoms with Gasteiger partial charge in [-0.25, -0.2) is 13.2 Å². The molecule has 1 fully saturated rings. The van der Waals surface area contributed by atoms with Crippen LogP contribution in [0, 0.1) is 5.92 Å². The summed E-state index contributed by atoms with van der Waals surface area (Å²) >= 11 is 0. The van der Waals surface area contributed by atoms with Crippen molar-refractivity contribution in [2.45, 2.75) is 57.3 Å². The van der Waals surface area contributed by atoms with Crippen LogP contribution in [0.1, 0.15) is 27.2 Å². The van der Waals surface area contributed by atoms with Gasteiger partial charge < -0.3 is 25.0 Å². The van der Waals surface area contributed by atoms with E-state index in [0.29, 0.717) is 13.3 Å². The molecule has 1 aliphatic rings. The third-order valence-electron chi connectivity index (χ3n) is 3.79. The maximum Gasteiger partial charge on any atom is 1.00 e. The van der Waals surface area contributed by atoms with E-state index in [1.165, 1.54) is 0 Å². The third-order valence-corrected chi connectivity index (χ3v) is 3.79. The molecular weight excluding hydrogens is 370 g/mol. The van der Waals surface area contributed by atoms with E-state index in [1.54, 1.807) is 13.8 Å². The zero-order valence-corrected chi connectivity index (χ0v) is 20.2. The van der Waals surface area contributed by atoms with Crippen LogP contribution in [0.25, 0.3) is 0 Å². The van der Waals surface area contributed by atoms with Crippen molar-refractivity contribution >= 4 is 7.12 Å². The fourth-order valence-corrected chi connectivity index (χ4v) is 2.17. The van der Waals surface area contributed by atoms with Crippen molar-refractivity contribution in [2.24, 2.45) is 5.92 Å². The molecular formula is C12H18BF3K2O5. The summed E-state index contributed by atoms with van der Waals surface area (Å²) in [4.78, 5) is 0. The standard InChI is InChI=1S/C12H18BF3O5.2K/c1-4-6(17)5(2)7-8(21-7)9(14)12(3,18)10(15)11(16)13(19)20;;/h5-9,17-18H,4H2,1-3H3;;/q-2;2*+1/b11-10+;;/t5-,6+,7-,8-,9?,12-;;/m1../s1. The smallest absolute Gasteiger partial charge is 0.888 e. The summed E-state index contributed by atoms with van der Waals surface area (Å²) in [5.74, 6) is -2.58. The Hall–Kier alpha value is 2.67. The van der Waals surface area contributed by atoms with Gasteiger partial charge in [-0.15, -0.1) is 0 Å². The molecule has 0 aromatic carbocycles. The van der Waals surface area contributed by atoms with Crippen LogP contribution in [-0.4, -0.2) is 47.4 Å². The fourth-order valence-electron chi connectivity index (χ4n) is 2.17. The van der Waals surface area contributed by atoms with Crippen LogP contribution < -0.4 is 113 Å². The van der Waals surface area contributed by atoms with Crippen molar-refractivity contribution in [3.63, 3.8) is 0 Å². The normalized spacial score (nSPS) is 27.4. The van der Waals surface area contributed by atoms with Crippen LogP contribution in [-0.2, 0) is 4.74 Å². The molecule has 6 atom stereocenters. The molecule has 23 heavy (non-hydrogen) atoms. The third kappa shape index (κ3) is 6.96. The average Bonchev–Trinajstić information content (AvgIpc) is 3.22. The first-order chi connectivity index (χ1) is 9.55. The van der Waals surface area contributed by atoms with E-state index < -0.39 is 54.7 Å². The van der Waals surface area contributed by atoms with Gasteiger partial charge >= 0.3 is 103 Å². The predicted molar refractivity (Wildman–Crippen MR) is 64.6 cm³/mol. The van der Waals surface area contributed by atoms with Crippen molar-refractivity contribution in [3.8, 4) is 0 Å². The molecule has 0 radical (unpaired) electrons. The maximum absolute atomic E-state index is 14.1. The number of epoxide rings is 1. The molecule has 11 heteroatoms. The van der Waals surface area contributed by atoms with E-state index >= 15 is 0 Å². The second kappa shape index (κ2) is 11.5. The van der Waals surface area contributed by atoms with Crippen molar-refractivity contribution in [3.05, 3.63) is 11.6 Å². The molecule has 1 saturated heterocycles. The number of alkyl halides is 1. The molecule has 1 heterocycles. The van der Waals surface area contributed by atoms with E-state index in [4.69, 9.17) is 4.74 Å². The summed E-state index contributed by atoms with van der Waals surface area (Å²) < 4.78 is 45.6. The summed E-state index contributed by atoms with van der Waals surface area (Å²) in [7, 11) is -3.28. The number of rotatable bonds is 7. The fraction of sp³-hybridized carbons (Fsp3) is 0.833. The van der Waals surface area contributed by atoms with Gasteiger partial charge in [-0.2, -0.15) is 0 Å². The Morgan fingerprint density at radius 1 is 1.30 bits per heavy atom. The van der Waals surface area contributed by atoms with Gasteiger partial charge in [0.25, 0.3) is 0 Å². The van der Waals surface area contributed by atoms with E-state index in [1.807, 2.05) is 0 Å². The van der Waals surface area contributed by atoms with Crippen LogP contribution in [0.2, 0.25) is 0 Å². The summed E-state index contributed by atoms with van der Waals surface area (Å²) in [6.45, 7) is 3.93. The Morgan fingerprint density at radius 3 is 2.17 bits per heavy atom. The van der Waals surface area contributed by atoms with E-state index in [-0.39, 0.29) is 103 Å². The topological polar surface area (TPSA) is 99.1 Å². The van der Waals surface area contributed by atoms with Gasteiger partial charge in [0, 0.05) is 11.6 Å². The van der Waals surface area contributed by atoms with Crippen LogP contribution in [0.4, 0.5) is 13.2 Å². The number of aliphatic hydroxyl groups is 2. The van der Waals surface area contributed by atoms with Crippen molar-refractivity contribution in [2.75, 3.05) is 0 Å². The largest absolute Gasteiger partial charge is 1.00 e. The van der Waals surface area contributed by atoms with Crippen LogP contribution in [0.5, 0.6) is 0 Å². The molecule has 0 amide bonds. The maximum atomic E-state index is 14.1. The first-order valence-electron chi connectivity index (χ1n) is 6.62. The Morgan fingerprint density at radius 2 is 1.78 bits per heavy atom. The summed E-state index contributed by atoms with van der Waals surface area (Å²) in [6, 6.07) is 0. The molecule has 2 N–H and O–H groups in total. The summed E-state index contributed by atoms with van der Waals surface area (Å²) in [5.41, 5.74) is -5.26. The Kier molecular flexibility index (Phi) is 13.9. The van der Waals surface area contributed by atoms with Gasteiger partial charge in [0.1, 0.15) is 11.7 Å². The van der Waals surface area contributed by atoms with Crippen molar-refractivity contribution in [1.29, 1.82) is 0 Å². The molecule has 0 saturated carbocycles. The first kappa shape index (κ1) is 27.9. The molecule has 122 valence electrons. The second-order valence-corrected chi connectivity index (χ2v) is 5.44. The second-order valence-electron chi connectivity index (χ2n) is 5.44. The predicted octanol–water partition coefficient (Wildman–Crippen LogP) is -6.84. The van der Waals surface area contributed by atoms with Crippen LogP contribution in [0.3, 0.4) is 0 Å². The molecule has 0 bridgehead atoms. The zero-order valence-electron chi connectivity index (χ0n) is 13.9.